The highest BCUT2D eigenvalue weighted by Crippen LogP contribution is 2.25. The Morgan fingerprint density at radius 2 is 1.62 bits per heavy atom. The van der Waals surface area contributed by atoms with Gasteiger partial charge in [-0.25, -0.2) is 9.69 Å². The summed E-state index contributed by atoms with van der Waals surface area (Å²) in [6.45, 7) is 0. The van der Waals surface area contributed by atoms with E-state index in [0.717, 1.165) is 4.90 Å². The molecule has 0 aliphatic carbocycles. The quantitative estimate of drug-likeness (QED) is 0.508. The van der Waals surface area contributed by atoms with Crippen LogP contribution in [0.5, 0.6) is 11.5 Å². The van der Waals surface area contributed by atoms with Crippen molar-refractivity contribution in [3.8, 4) is 11.5 Å². The SMILES string of the molecule is O=CN(C(=O)Nc1cccc(Oc2ccccc2)c1)c1ccc2nccnc2c1. The number of para-hydroxylation sites is 1. The molecule has 0 unspecified atom stereocenters. The highest BCUT2D eigenvalue weighted by atomic mass is 16.5. The number of hydrogen-bond donors (Lipinski definition) is 1. The molecule has 0 bridgehead atoms. The maximum absolute atomic E-state index is 12.7. The zero-order valence-electron chi connectivity index (χ0n) is 15.2. The standard InChI is InChI=1S/C22H16N4O3/c27-15-26(17-9-10-20-21(14-17)24-12-11-23-20)22(28)25-16-5-4-8-19(13-16)29-18-6-2-1-3-7-18/h1-15H,(H,25,28). The lowest BCUT2D eigenvalue weighted by Gasteiger charge is -2.17. The van der Waals surface area contributed by atoms with Crippen LogP contribution in [0.3, 0.4) is 0 Å². The van der Waals surface area contributed by atoms with Gasteiger partial charge >= 0.3 is 6.03 Å². The van der Waals surface area contributed by atoms with E-state index in [-0.39, 0.29) is 0 Å². The molecule has 0 saturated carbocycles. The van der Waals surface area contributed by atoms with Gasteiger partial charge in [-0.05, 0) is 42.5 Å². The molecule has 0 atom stereocenters. The molecule has 3 amide bonds. The first-order chi connectivity index (χ1) is 14.2. The molecular weight excluding hydrogens is 368 g/mol. The minimum absolute atomic E-state index is 0.391. The summed E-state index contributed by atoms with van der Waals surface area (Å²) < 4.78 is 5.77. The van der Waals surface area contributed by atoms with Gasteiger partial charge in [0.05, 0.1) is 16.7 Å². The van der Waals surface area contributed by atoms with E-state index in [9.17, 15) is 9.59 Å². The van der Waals surface area contributed by atoms with Gasteiger partial charge in [-0.2, -0.15) is 0 Å². The summed E-state index contributed by atoms with van der Waals surface area (Å²) >= 11 is 0. The molecule has 142 valence electrons. The number of hydrogen-bond acceptors (Lipinski definition) is 5. The third-order valence-electron chi connectivity index (χ3n) is 4.12. The van der Waals surface area contributed by atoms with Crippen LogP contribution < -0.4 is 15.0 Å². The Bertz CT molecular complexity index is 1160. The van der Waals surface area contributed by atoms with Crippen LogP contribution in [0.1, 0.15) is 0 Å². The highest BCUT2D eigenvalue weighted by molar-refractivity contribution is 6.12. The largest absolute Gasteiger partial charge is 0.457 e. The lowest BCUT2D eigenvalue weighted by molar-refractivity contribution is -0.106. The van der Waals surface area contributed by atoms with E-state index >= 15 is 0 Å². The van der Waals surface area contributed by atoms with Crippen molar-refractivity contribution in [1.29, 1.82) is 0 Å². The smallest absolute Gasteiger partial charge is 0.332 e. The van der Waals surface area contributed by atoms with E-state index in [1.165, 1.54) is 0 Å². The average molecular weight is 384 g/mol. The molecule has 0 saturated heterocycles. The molecule has 3 aromatic carbocycles. The zero-order valence-corrected chi connectivity index (χ0v) is 15.2. The molecule has 1 heterocycles. The number of nitrogens with zero attached hydrogens (tertiary/aromatic N) is 3. The van der Waals surface area contributed by atoms with Gasteiger partial charge in [0.15, 0.2) is 0 Å². The maximum atomic E-state index is 12.7. The molecule has 29 heavy (non-hydrogen) atoms. The topological polar surface area (TPSA) is 84.4 Å². The highest BCUT2D eigenvalue weighted by Gasteiger charge is 2.16. The number of benzene rings is 3. The third kappa shape index (κ3) is 4.19. The fourth-order valence-corrected chi connectivity index (χ4v) is 2.77. The Hall–Kier alpha value is -4.26. The van der Waals surface area contributed by atoms with E-state index in [1.807, 2.05) is 30.3 Å². The summed E-state index contributed by atoms with van der Waals surface area (Å²) in [7, 11) is 0. The van der Waals surface area contributed by atoms with Gasteiger partial charge in [-0.1, -0.05) is 24.3 Å². The molecule has 4 rings (SSSR count). The number of fused-ring (bicyclic) bond motifs is 1. The molecule has 1 N–H and O–H groups in total. The monoisotopic (exact) mass is 384 g/mol. The molecule has 0 fully saturated rings. The van der Waals surface area contributed by atoms with Crippen LogP contribution in [-0.4, -0.2) is 22.4 Å². The minimum atomic E-state index is -0.597. The minimum Gasteiger partial charge on any atom is -0.457 e. The van der Waals surface area contributed by atoms with E-state index < -0.39 is 6.03 Å². The summed E-state index contributed by atoms with van der Waals surface area (Å²) in [4.78, 5) is 33.6. The van der Waals surface area contributed by atoms with Crippen LogP contribution >= 0.6 is 0 Å². The summed E-state index contributed by atoms with van der Waals surface area (Å²) in [6.07, 6.45) is 3.59. The van der Waals surface area contributed by atoms with Gasteiger partial charge < -0.3 is 10.1 Å². The van der Waals surface area contributed by atoms with Crippen LogP contribution in [0, 0.1) is 0 Å². The van der Waals surface area contributed by atoms with Crippen molar-refractivity contribution in [2.45, 2.75) is 0 Å². The summed E-state index contributed by atoms with van der Waals surface area (Å²) in [6, 6.07) is 20.6. The van der Waals surface area contributed by atoms with Gasteiger partial charge in [0.1, 0.15) is 11.5 Å². The Labute approximate surface area is 166 Å². The second-order valence-electron chi connectivity index (χ2n) is 6.08. The van der Waals surface area contributed by atoms with Crippen molar-refractivity contribution in [2.75, 3.05) is 10.2 Å². The van der Waals surface area contributed by atoms with Crippen LogP contribution in [0.2, 0.25) is 0 Å². The average Bonchev–Trinajstić information content (AvgIpc) is 2.75. The number of rotatable bonds is 5. The van der Waals surface area contributed by atoms with Gasteiger partial charge in [-0.3, -0.25) is 14.8 Å². The number of anilines is 2. The van der Waals surface area contributed by atoms with Crippen molar-refractivity contribution in [3.63, 3.8) is 0 Å². The molecule has 7 heteroatoms. The first-order valence-electron chi connectivity index (χ1n) is 8.82. The van der Waals surface area contributed by atoms with Gasteiger partial charge in [-0.15, -0.1) is 0 Å². The number of imide groups is 1. The van der Waals surface area contributed by atoms with Crippen LogP contribution in [0.4, 0.5) is 16.2 Å². The fourth-order valence-electron chi connectivity index (χ4n) is 2.77. The van der Waals surface area contributed by atoms with Crippen LogP contribution in [-0.2, 0) is 4.79 Å². The van der Waals surface area contributed by atoms with E-state index in [2.05, 4.69) is 15.3 Å². The number of carbonyl (C=O) groups is 2. The maximum Gasteiger partial charge on any atom is 0.332 e. The molecule has 0 aliphatic rings. The second kappa shape index (κ2) is 8.18. The molecule has 4 aromatic rings. The van der Waals surface area contributed by atoms with Gasteiger partial charge in [0, 0.05) is 24.1 Å². The molecule has 0 radical (unpaired) electrons. The molecule has 0 aliphatic heterocycles. The number of ether oxygens (including phenoxy) is 1. The zero-order chi connectivity index (χ0) is 20.1. The van der Waals surface area contributed by atoms with E-state index in [4.69, 9.17) is 4.74 Å². The first kappa shape index (κ1) is 18.1. The lowest BCUT2D eigenvalue weighted by Crippen LogP contribution is -2.33. The summed E-state index contributed by atoms with van der Waals surface area (Å²) in [5.74, 6) is 1.25. The third-order valence-corrected chi connectivity index (χ3v) is 4.12. The number of urea groups is 1. The molecular formula is C22H16N4O3. The van der Waals surface area contributed by atoms with Gasteiger partial charge in [0.2, 0.25) is 6.41 Å². The second-order valence-corrected chi connectivity index (χ2v) is 6.08. The van der Waals surface area contributed by atoms with Crippen LogP contribution in [0.25, 0.3) is 11.0 Å². The molecule has 0 spiro atoms. The Morgan fingerprint density at radius 3 is 2.41 bits per heavy atom. The van der Waals surface area contributed by atoms with Crippen molar-refractivity contribution >= 4 is 34.8 Å². The predicted molar refractivity (Wildman–Crippen MR) is 110 cm³/mol. The van der Waals surface area contributed by atoms with Crippen molar-refractivity contribution in [2.24, 2.45) is 0 Å². The van der Waals surface area contributed by atoms with Crippen LogP contribution in [0.15, 0.2) is 85.2 Å². The van der Waals surface area contributed by atoms with E-state index in [1.54, 1.807) is 54.9 Å². The van der Waals surface area contributed by atoms with Gasteiger partial charge in [0.25, 0.3) is 0 Å². The number of carbonyl (C=O) groups excluding carboxylic acids is 2. The Balaban J connectivity index is 1.52. The predicted octanol–water partition coefficient (Wildman–Crippen LogP) is 4.62. The number of aromatic nitrogens is 2. The van der Waals surface area contributed by atoms with E-state index in [0.29, 0.717) is 40.3 Å². The number of amides is 3. The number of nitrogens with one attached hydrogen (secondary N) is 1. The molecule has 7 nitrogen and oxygen atoms in total. The summed E-state index contributed by atoms with van der Waals surface area (Å²) in [5.41, 5.74) is 2.15. The summed E-state index contributed by atoms with van der Waals surface area (Å²) in [5, 5.41) is 2.71. The van der Waals surface area contributed by atoms with Crippen molar-refractivity contribution < 1.29 is 14.3 Å². The first-order valence-corrected chi connectivity index (χ1v) is 8.82. The Morgan fingerprint density at radius 1 is 0.862 bits per heavy atom. The molecule has 1 aromatic heterocycles. The Kier molecular flexibility index (Phi) is 5.11. The van der Waals surface area contributed by atoms with Crippen molar-refractivity contribution in [3.05, 3.63) is 85.2 Å². The normalized spacial score (nSPS) is 10.3. The lowest BCUT2D eigenvalue weighted by atomic mass is 10.2. The fraction of sp³-hybridized carbons (Fsp3) is 0. The van der Waals surface area contributed by atoms with Crippen molar-refractivity contribution in [1.82, 2.24) is 9.97 Å².